The van der Waals surface area contributed by atoms with Gasteiger partial charge in [-0.2, -0.15) is 0 Å². The second-order valence-electron chi connectivity index (χ2n) is 4.69. The maximum atomic E-state index is 4.28. The first-order valence-electron chi connectivity index (χ1n) is 6.30. The highest BCUT2D eigenvalue weighted by atomic mass is 15.1. The summed E-state index contributed by atoms with van der Waals surface area (Å²) in [7, 11) is 0. The van der Waals surface area contributed by atoms with Crippen LogP contribution in [0.4, 0.5) is 0 Å². The lowest BCUT2D eigenvalue weighted by Gasteiger charge is -2.27. The van der Waals surface area contributed by atoms with Gasteiger partial charge in [-0.15, -0.1) is 0 Å². The molecule has 2 rings (SSSR count). The lowest BCUT2D eigenvalue weighted by atomic mass is 10.1. The number of aryl methyl sites for hydroxylation is 1. The van der Waals surface area contributed by atoms with Crippen LogP contribution in [-0.4, -0.2) is 28.0 Å². The Morgan fingerprint density at radius 2 is 1.62 bits per heavy atom. The molecule has 1 aromatic heterocycles. The summed E-state index contributed by atoms with van der Waals surface area (Å²) in [6.07, 6.45) is 9.37. The standard InChI is InChI=1S/C13H21N3/c1-11(13-9-14-12(2)15-10-13)16-7-5-3-4-6-8-16/h9-11H,3-8H2,1-2H3. The van der Waals surface area contributed by atoms with E-state index in [9.17, 15) is 0 Å². The average molecular weight is 219 g/mol. The molecule has 0 aliphatic carbocycles. The van der Waals surface area contributed by atoms with Gasteiger partial charge >= 0.3 is 0 Å². The monoisotopic (exact) mass is 219 g/mol. The normalized spacial score (nSPS) is 20.4. The first kappa shape index (κ1) is 11.5. The summed E-state index contributed by atoms with van der Waals surface area (Å²) in [6, 6.07) is 0.457. The van der Waals surface area contributed by atoms with Crippen molar-refractivity contribution in [2.24, 2.45) is 0 Å². The van der Waals surface area contributed by atoms with Gasteiger partial charge in [-0.25, -0.2) is 9.97 Å². The van der Waals surface area contributed by atoms with Crippen molar-refractivity contribution in [3.8, 4) is 0 Å². The minimum Gasteiger partial charge on any atom is -0.296 e. The predicted octanol–water partition coefficient (Wildman–Crippen LogP) is 2.72. The molecule has 0 radical (unpaired) electrons. The maximum Gasteiger partial charge on any atom is 0.125 e. The van der Waals surface area contributed by atoms with Crippen molar-refractivity contribution in [1.29, 1.82) is 0 Å². The average Bonchev–Trinajstić information content (AvgIpc) is 2.57. The van der Waals surface area contributed by atoms with Gasteiger partial charge in [-0.05, 0) is 39.8 Å². The van der Waals surface area contributed by atoms with Crippen molar-refractivity contribution >= 4 is 0 Å². The largest absolute Gasteiger partial charge is 0.296 e. The second-order valence-corrected chi connectivity index (χ2v) is 4.69. The second kappa shape index (κ2) is 5.39. The van der Waals surface area contributed by atoms with Gasteiger partial charge in [0.1, 0.15) is 5.82 Å². The van der Waals surface area contributed by atoms with E-state index < -0.39 is 0 Å². The highest BCUT2D eigenvalue weighted by Crippen LogP contribution is 2.22. The van der Waals surface area contributed by atoms with E-state index in [1.807, 2.05) is 19.3 Å². The molecule has 1 fully saturated rings. The van der Waals surface area contributed by atoms with E-state index in [1.165, 1.54) is 44.3 Å². The Balaban J connectivity index is 2.04. The molecular formula is C13H21N3. The van der Waals surface area contributed by atoms with Gasteiger partial charge in [0, 0.05) is 24.0 Å². The minimum atomic E-state index is 0.457. The number of hydrogen-bond acceptors (Lipinski definition) is 3. The Hall–Kier alpha value is -0.960. The smallest absolute Gasteiger partial charge is 0.125 e. The molecule has 1 aromatic rings. The quantitative estimate of drug-likeness (QED) is 0.766. The fourth-order valence-electron chi connectivity index (χ4n) is 2.31. The van der Waals surface area contributed by atoms with Gasteiger partial charge in [0.25, 0.3) is 0 Å². The van der Waals surface area contributed by atoms with Crippen LogP contribution >= 0.6 is 0 Å². The van der Waals surface area contributed by atoms with Gasteiger partial charge in [-0.3, -0.25) is 4.90 Å². The summed E-state index contributed by atoms with van der Waals surface area (Å²) in [5, 5.41) is 0. The van der Waals surface area contributed by atoms with Crippen LogP contribution in [0.2, 0.25) is 0 Å². The molecule has 0 aromatic carbocycles. The zero-order chi connectivity index (χ0) is 11.4. The third-order valence-electron chi connectivity index (χ3n) is 3.47. The van der Waals surface area contributed by atoms with Gasteiger partial charge < -0.3 is 0 Å². The fourth-order valence-corrected chi connectivity index (χ4v) is 2.31. The van der Waals surface area contributed by atoms with Crippen molar-refractivity contribution in [1.82, 2.24) is 14.9 Å². The van der Waals surface area contributed by atoms with Gasteiger partial charge in [0.15, 0.2) is 0 Å². The molecule has 0 bridgehead atoms. The van der Waals surface area contributed by atoms with E-state index in [-0.39, 0.29) is 0 Å². The van der Waals surface area contributed by atoms with Crippen LogP contribution in [0.15, 0.2) is 12.4 Å². The number of nitrogens with zero attached hydrogens (tertiary/aromatic N) is 3. The van der Waals surface area contributed by atoms with E-state index in [0.29, 0.717) is 6.04 Å². The Bertz CT molecular complexity index is 312. The van der Waals surface area contributed by atoms with Gasteiger partial charge in [0.05, 0.1) is 0 Å². The Kier molecular flexibility index (Phi) is 3.88. The molecule has 1 aliphatic heterocycles. The topological polar surface area (TPSA) is 29.0 Å². The Morgan fingerprint density at radius 1 is 1.06 bits per heavy atom. The summed E-state index contributed by atoms with van der Waals surface area (Å²) in [5.74, 6) is 0.854. The van der Waals surface area contributed by atoms with Crippen LogP contribution in [0.25, 0.3) is 0 Å². The van der Waals surface area contributed by atoms with E-state index in [1.54, 1.807) is 0 Å². The van der Waals surface area contributed by atoms with Crippen molar-refractivity contribution in [3.63, 3.8) is 0 Å². The number of likely N-dealkylation sites (tertiary alicyclic amines) is 1. The Labute approximate surface area is 97.9 Å². The summed E-state index contributed by atoms with van der Waals surface area (Å²) >= 11 is 0. The molecule has 0 N–H and O–H groups in total. The van der Waals surface area contributed by atoms with Crippen LogP contribution in [0, 0.1) is 6.92 Å². The molecule has 0 amide bonds. The molecule has 0 saturated carbocycles. The summed E-state index contributed by atoms with van der Waals surface area (Å²) in [6.45, 7) is 6.63. The summed E-state index contributed by atoms with van der Waals surface area (Å²) in [5.41, 5.74) is 1.24. The molecule has 0 spiro atoms. The molecule has 1 saturated heterocycles. The van der Waals surface area contributed by atoms with E-state index in [0.717, 1.165) is 5.82 Å². The van der Waals surface area contributed by atoms with Gasteiger partial charge in [-0.1, -0.05) is 12.8 Å². The summed E-state index contributed by atoms with van der Waals surface area (Å²) in [4.78, 5) is 11.1. The van der Waals surface area contributed by atoms with Crippen molar-refractivity contribution in [2.75, 3.05) is 13.1 Å². The number of rotatable bonds is 2. The number of aromatic nitrogens is 2. The van der Waals surface area contributed by atoms with E-state index in [2.05, 4.69) is 21.8 Å². The van der Waals surface area contributed by atoms with Crippen LogP contribution in [0.1, 0.15) is 50.0 Å². The fraction of sp³-hybridized carbons (Fsp3) is 0.692. The van der Waals surface area contributed by atoms with Crippen molar-refractivity contribution in [3.05, 3.63) is 23.8 Å². The van der Waals surface area contributed by atoms with Gasteiger partial charge in [0.2, 0.25) is 0 Å². The van der Waals surface area contributed by atoms with E-state index >= 15 is 0 Å². The molecule has 2 heterocycles. The Morgan fingerprint density at radius 3 is 2.19 bits per heavy atom. The molecule has 3 heteroatoms. The van der Waals surface area contributed by atoms with Crippen LogP contribution in [-0.2, 0) is 0 Å². The summed E-state index contributed by atoms with van der Waals surface area (Å²) < 4.78 is 0. The zero-order valence-corrected chi connectivity index (χ0v) is 10.3. The first-order chi connectivity index (χ1) is 7.77. The third kappa shape index (κ3) is 2.79. The predicted molar refractivity (Wildman–Crippen MR) is 65.2 cm³/mol. The van der Waals surface area contributed by atoms with E-state index in [4.69, 9.17) is 0 Å². The molecule has 1 unspecified atom stereocenters. The maximum absolute atomic E-state index is 4.28. The molecule has 1 aliphatic rings. The first-order valence-corrected chi connectivity index (χ1v) is 6.30. The van der Waals surface area contributed by atoms with Crippen molar-refractivity contribution < 1.29 is 0 Å². The highest BCUT2D eigenvalue weighted by Gasteiger charge is 2.17. The lowest BCUT2D eigenvalue weighted by molar-refractivity contribution is 0.218. The van der Waals surface area contributed by atoms with Crippen LogP contribution < -0.4 is 0 Å². The lowest BCUT2D eigenvalue weighted by Crippen LogP contribution is -2.28. The molecule has 3 nitrogen and oxygen atoms in total. The third-order valence-corrected chi connectivity index (χ3v) is 3.47. The molecule has 16 heavy (non-hydrogen) atoms. The molecule has 88 valence electrons. The van der Waals surface area contributed by atoms with Crippen molar-refractivity contribution in [2.45, 2.75) is 45.6 Å². The molecule has 1 atom stereocenters. The SMILES string of the molecule is Cc1ncc(C(C)N2CCCCCC2)cn1. The minimum absolute atomic E-state index is 0.457. The van der Waals surface area contributed by atoms with Crippen LogP contribution in [0.5, 0.6) is 0 Å². The molecular weight excluding hydrogens is 198 g/mol. The highest BCUT2D eigenvalue weighted by molar-refractivity contribution is 5.10. The van der Waals surface area contributed by atoms with Crippen LogP contribution in [0.3, 0.4) is 0 Å². The number of hydrogen-bond donors (Lipinski definition) is 0. The zero-order valence-electron chi connectivity index (χ0n) is 10.3.